The Balaban J connectivity index is 1.14. The number of halogens is 1. The molecule has 0 radical (unpaired) electrons. The van der Waals surface area contributed by atoms with Crippen molar-refractivity contribution >= 4 is 27.3 Å². The lowest BCUT2D eigenvalue weighted by molar-refractivity contribution is 0.0581. The van der Waals surface area contributed by atoms with Gasteiger partial charge in [-0.1, -0.05) is 17.7 Å². The van der Waals surface area contributed by atoms with Crippen LogP contribution in [-0.4, -0.2) is 63.7 Å². The number of aryl methyl sites for hydroxylation is 1. The van der Waals surface area contributed by atoms with E-state index in [1.165, 1.54) is 0 Å². The summed E-state index contributed by atoms with van der Waals surface area (Å²) in [5.41, 5.74) is 3.54. The van der Waals surface area contributed by atoms with Crippen LogP contribution in [0.25, 0.3) is 5.69 Å². The zero-order valence-corrected chi connectivity index (χ0v) is 21.1. The Hall–Kier alpha value is -2.49. The highest BCUT2D eigenvalue weighted by Gasteiger charge is 2.54. The van der Waals surface area contributed by atoms with Gasteiger partial charge in [0, 0.05) is 47.7 Å². The van der Waals surface area contributed by atoms with Crippen molar-refractivity contribution in [3.8, 4) is 5.69 Å². The van der Waals surface area contributed by atoms with Crippen molar-refractivity contribution in [2.75, 3.05) is 29.5 Å². The van der Waals surface area contributed by atoms with Gasteiger partial charge in [0.2, 0.25) is 0 Å². The fraction of sp³-hybridized carbons (Fsp3) is 0.480. The van der Waals surface area contributed by atoms with Gasteiger partial charge in [0.05, 0.1) is 23.7 Å². The van der Waals surface area contributed by atoms with Crippen LogP contribution in [0.4, 0.5) is 5.82 Å². The van der Waals surface area contributed by atoms with Crippen molar-refractivity contribution in [2.45, 2.75) is 44.8 Å². The number of hydrogen-bond donors (Lipinski definition) is 0. The molecule has 0 N–H and O–H groups in total. The van der Waals surface area contributed by atoms with Gasteiger partial charge < -0.3 is 4.90 Å². The van der Waals surface area contributed by atoms with Crippen LogP contribution < -0.4 is 4.90 Å². The average Bonchev–Trinajstić information content (AvgIpc) is 3.05. The van der Waals surface area contributed by atoms with Crippen molar-refractivity contribution in [1.82, 2.24) is 24.6 Å². The second kappa shape index (κ2) is 7.51. The van der Waals surface area contributed by atoms with E-state index in [0.29, 0.717) is 29.4 Å². The highest BCUT2D eigenvalue weighted by atomic mass is 35.5. The number of rotatable bonds is 3. The maximum absolute atomic E-state index is 11.8. The quantitative estimate of drug-likeness (QED) is 0.535. The van der Waals surface area contributed by atoms with E-state index >= 15 is 0 Å². The minimum Gasteiger partial charge on any atom is -0.355 e. The zero-order chi connectivity index (χ0) is 23.9. The van der Waals surface area contributed by atoms with Gasteiger partial charge in [0.25, 0.3) is 0 Å². The van der Waals surface area contributed by atoms with E-state index in [9.17, 15) is 8.42 Å². The first-order valence-corrected chi connectivity index (χ1v) is 14.3. The second-order valence-electron chi connectivity index (χ2n) is 10.8. The van der Waals surface area contributed by atoms with Crippen molar-refractivity contribution in [3.63, 3.8) is 0 Å². The first-order valence-electron chi connectivity index (χ1n) is 12.1. The van der Waals surface area contributed by atoms with Gasteiger partial charge in [-0.05, 0) is 55.7 Å². The Morgan fingerprint density at radius 2 is 1.86 bits per heavy atom. The highest BCUT2D eigenvalue weighted by Crippen LogP contribution is 2.56. The summed E-state index contributed by atoms with van der Waals surface area (Å²) in [7, 11) is -2.91. The largest absolute Gasteiger partial charge is 0.355 e. The molecular formula is C25H27ClN6O2S. The first kappa shape index (κ1) is 21.8. The van der Waals surface area contributed by atoms with Crippen LogP contribution in [0.5, 0.6) is 0 Å². The van der Waals surface area contributed by atoms with Gasteiger partial charge >= 0.3 is 0 Å². The van der Waals surface area contributed by atoms with Crippen LogP contribution in [0.15, 0.2) is 36.4 Å². The van der Waals surface area contributed by atoms with Crippen LogP contribution in [-0.2, 0) is 22.9 Å². The lowest BCUT2D eigenvalue weighted by atomic mass is 9.57. The average molecular weight is 511 g/mol. The Morgan fingerprint density at radius 3 is 2.60 bits per heavy atom. The van der Waals surface area contributed by atoms with Gasteiger partial charge in [0.15, 0.2) is 15.7 Å². The maximum atomic E-state index is 11.8. The van der Waals surface area contributed by atoms with Crippen molar-refractivity contribution in [3.05, 3.63) is 64.3 Å². The Kier molecular flexibility index (Phi) is 4.67. The van der Waals surface area contributed by atoms with Gasteiger partial charge in [-0.2, -0.15) is 0 Å². The van der Waals surface area contributed by atoms with E-state index in [2.05, 4.69) is 47.7 Å². The lowest BCUT2D eigenvalue weighted by Gasteiger charge is -2.59. The molecule has 0 amide bonds. The molecule has 1 saturated carbocycles. The zero-order valence-electron chi connectivity index (χ0n) is 19.6. The first-order chi connectivity index (χ1) is 16.8. The molecule has 3 aromatic rings. The molecule has 1 aliphatic carbocycles. The number of fused-ring (bicyclic) bond motifs is 3. The number of hydrogen-bond acceptors (Lipinski definition) is 7. The number of benzene rings is 1. The normalized spacial score (nSPS) is 23.1. The predicted molar refractivity (Wildman–Crippen MR) is 134 cm³/mol. The Morgan fingerprint density at radius 1 is 1.06 bits per heavy atom. The number of pyridine rings is 1. The smallest absolute Gasteiger partial charge is 0.153 e. The third kappa shape index (κ3) is 3.58. The second-order valence-corrected chi connectivity index (χ2v) is 13.4. The predicted octanol–water partition coefficient (Wildman–Crippen LogP) is 3.12. The number of aromatic nitrogens is 4. The molecule has 2 aromatic heterocycles. The van der Waals surface area contributed by atoms with Gasteiger partial charge in [-0.3, -0.25) is 9.47 Å². The minimum atomic E-state index is -2.91. The van der Waals surface area contributed by atoms with Gasteiger partial charge in [-0.15, -0.1) is 10.2 Å². The van der Waals surface area contributed by atoms with Gasteiger partial charge in [0.1, 0.15) is 11.6 Å². The fourth-order valence-electron chi connectivity index (χ4n) is 6.38. The van der Waals surface area contributed by atoms with Crippen LogP contribution in [0.2, 0.25) is 5.02 Å². The summed E-state index contributed by atoms with van der Waals surface area (Å²) in [6, 6.07) is 12.2. The molecular weight excluding hydrogens is 484 g/mol. The molecule has 0 atom stereocenters. The molecule has 3 fully saturated rings. The highest BCUT2D eigenvalue weighted by molar-refractivity contribution is 7.92. The molecule has 0 unspecified atom stereocenters. The Bertz CT molecular complexity index is 1430. The Labute approximate surface area is 209 Å². The summed E-state index contributed by atoms with van der Waals surface area (Å²) >= 11 is 6.37. The van der Waals surface area contributed by atoms with Crippen LogP contribution >= 0.6 is 11.6 Å². The van der Waals surface area contributed by atoms with E-state index in [-0.39, 0.29) is 17.5 Å². The number of anilines is 1. The topological polar surface area (TPSA) is 84.2 Å². The molecule has 3 aliphatic heterocycles. The lowest BCUT2D eigenvalue weighted by Crippen LogP contribution is -2.62. The van der Waals surface area contributed by atoms with Crippen molar-refractivity contribution < 1.29 is 8.42 Å². The fourth-order valence-corrected chi connectivity index (χ4v) is 8.07. The summed E-state index contributed by atoms with van der Waals surface area (Å²) in [5.74, 6) is 3.75. The number of nitrogens with zero attached hydrogens (tertiary/aromatic N) is 6. The third-order valence-electron chi connectivity index (χ3n) is 8.14. The summed E-state index contributed by atoms with van der Waals surface area (Å²) in [5, 5.41) is 9.96. The minimum absolute atomic E-state index is 0.0155. The molecule has 8 nitrogen and oxygen atoms in total. The molecule has 1 aromatic carbocycles. The van der Waals surface area contributed by atoms with Crippen molar-refractivity contribution in [1.29, 1.82) is 0 Å². The summed E-state index contributed by atoms with van der Waals surface area (Å²) in [6.07, 6.45) is 2.20. The third-order valence-corrected chi connectivity index (χ3v) is 10.2. The van der Waals surface area contributed by atoms with Crippen LogP contribution in [0.1, 0.15) is 41.7 Å². The van der Waals surface area contributed by atoms with E-state index in [1.54, 1.807) is 0 Å². The SMILES string of the molecule is Cc1cccc(N2CC3(CC(c4nnc5n4-c4ccc(Cl)cc4CN(C4CS(=O)(=O)C4)C5)C3)C2)n1. The standard InChI is InChI=1S/C25H27ClN6O2S/c1-16-3-2-4-22(27-16)31-14-25(15-31)8-18(9-25)24-29-28-23-11-30(20-12-35(33,34)13-20)10-17-7-19(26)5-6-21(17)32(23)24/h2-7,18,20H,8-15H2,1H3. The number of sulfone groups is 1. The van der Waals surface area contributed by atoms with E-state index in [4.69, 9.17) is 11.6 Å². The molecule has 0 bridgehead atoms. The summed E-state index contributed by atoms with van der Waals surface area (Å²) in [4.78, 5) is 9.26. The summed E-state index contributed by atoms with van der Waals surface area (Å²) < 4.78 is 25.9. The summed E-state index contributed by atoms with van der Waals surface area (Å²) in [6.45, 7) is 5.36. The van der Waals surface area contributed by atoms with Gasteiger partial charge in [-0.25, -0.2) is 13.4 Å². The maximum Gasteiger partial charge on any atom is 0.153 e. The molecule has 182 valence electrons. The van der Waals surface area contributed by atoms with E-state index < -0.39 is 9.84 Å². The van der Waals surface area contributed by atoms with Crippen LogP contribution in [0, 0.1) is 12.3 Å². The monoisotopic (exact) mass is 510 g/mol. The molecule has 5 heterocycles. The molecule has 10 heteroatoms. The molecule has 2 saturated heterocycles. The molecule has 4 aliphatic rings. The van der Waals surface area contributed by atoms with E-state index in [1.807, 2.05) is 25.1 Å². The molecule has 35 heavy (non-hydrogen) atoms. The molecule has 1 spiro atoms. The van der Waals surface area contributed by atoms with Crippen LogP contribution in [0.3, 0.4) is 0 Å². The van der Waals surface area contributed by atoms with E-state index in [0.717, 1.165) is 60.3 Å². The molecule has 7 rings (SSSR count). The van der Waals surface area contributed by atoms with Crippen molar-refractivity contribution in [2.24, 2.45) is 5.41 Å².